The molecule has 0 aliphatic heterocycles. The zero-order valence-corrected chi connectivity index (χ0v) is 17.0. The molecule has 0 saturated heterocycles. The van der Waals surface area contributed by atoms with Gasteiger partial charge in [-0.1, -0.05) is 32.4 Å². The van der Waals surface area contributed by atoms with Crippen molar-refractivity contribution in [3.05, 3.63) is 28.7 Å². The highest BCUT2D eigenvalue weighted by Gasteiger charge is 2.19. The molecule has 9 heteroatoms. The zero-order valence-electron chi connectivity index (χ0n) is 16.2. The number of H-pyrrole nitrogens is 2. The van der Waals surface area contributed by atoms with E-state index in [4.69, 9.17) is 16.3 Å². The van der Waals surface area contributed by atoms with Gasteiger partial charge in [0.2, 0.25) is 11.8 Å². The minimum Gasteiger partial charge on any atom is -0.477 e. The molecule has 0 fully saturated rings. The summed E-state index contributed by atoms with van der Waals surface area (Å²) in [5, 5.41) is 12.6. The standard InChI is InChI=1S/C19H22ClN7O/c1-5-11-15(20)14-17(23-11)25-19(26-18(14)28-6-2)24-12-8-21-16-10(7-22-27-16)13(12)9(3)4/h7-9H,5-6H2,1-4H3,(H,21,22,27)(H2,23,24,25,26). The van der Waals surface area contributed by atoms with Gasteiger partial charge >= 0.3 is 0 Å². The van der Waals surface area contributed by atoms with Gasteiger partial charge in [0.15, 0.2) is 5.65 Å². The van der Waals surface area contributed by atoms with Crippen LogP contribution >= 0.6 is 11.6 Å². The maximum absolute atomic E-state index is 6.50. The fourth-order valence-corrected chi connectivity index (χ4v) is 3.73. The minimum atomic E-state index is 0.257. The minimum absolute atomic E-state index is 0.257. The van der Waals surface area contributed by atoms with E-state index in [9.17, 15) is 0 Å². The molecular formula is C19H22ClN7O. The number of hydrogen-bond acceptors (Lipinski definition) is 6. The van der Waals surface area contributed by atoms with Gasteiger partial charge in [-0.3, -0.25) is 5.10 Å². The van der Waals surface area contributed by atoms with E-state index in [0.29, 0.717) is 34.5 Å². The first-order valence-corrected chi connectivity index (χ1v) is 9.71. The Morgan fingerprint density at radius 2 is 2.00 bits per heavy atom. The van der Waals surface area contributed by atoms with E-state index in [1.165, 1.54) is 0 Å². The van der Waals surface area contributed by atoms with Crippen molar-refractivity contribution in [2.24, 2.45) is 0 Å². The van der Waals surface area contributed by atoms with Gasteiger partial charge in [-0.15, -0.1) is 0 Å². The predicted octanol–water partition coefficient (Wildman–Crippen LogP) is 4.71. The Balaban J connectivity index is 1.84. The summed E-state index contributed by atoms with van der Waals surface area (Å²) in [5.41, 5.74) is 4.24. The van der Waals surface area contributed by atoms with Crippen LogP contribution in [-0.2, 0) is 6.42 Å². The molecule has 0 atom stereocenters. The van der Waals surface area contributed by atoms with Crippen LogP contribution in [0.3, 0.4) is 0 Å². The maximum Gasteiger partial charge on any atom is 0.232 e. The van der Waals surface area contributed by atoms with Gasteiger partial charge in [0.05, 0.1) is 35.1 Å². The molecule has 0 amide bonds. The van der Waals surface area contributed by atoms with Crippen LogP contribution in [0.25, 0.3) is 22.1 Å². The van der Waals surface area contributed by atoms with Crippen LogP contribution in [0.4, 0.5) is 11.6 Å². The summed E-state index contributed by atoms with van der Waals surface area (Å²) in [5.74, 6) is 1.13. The van der Waals surface area contributed by atoms with Gasteiger partial charge in [0.1, 0.15) is 5.65 Å². The van der Waals surface area contributed by atoms with Crippen molar-refractivity contribution >= 4 is 45.3 Å². The molecule has 0 radical (unpaired) electrons. The second-order valence-electron chi connectivity index (χ2n) is 6.78. The first kappa shape index (κ1) is 18.5. The van der Waals surface area contributed by atoms with E-state index in [2.05, 4.69) is 49.3 Å². The lowest BCUT2D eigenvalue weighted by Gasteiger charge is -2.15. The Labute approximate surface area is 167 Å². The van der Waals surface area contributed by atoms with Crippen LogP contribution < -0.4 is 10.1 Å². The summed E-state index contributed by atoms with van der Waals surface area (Å²) in [4.78, 5) is 16.9. The number of hydrogen-bond donors (Lipinski definition) is 3. The van der Waals surface area contributed by atoms with Crippen LogP contribution in [-0.4, -0.2) is 36.7 Å². The Kier molecular flexibility index (Phi) is 4.80. The predicted molar refractivity (Wildman–Crippen MR) is 111 cm³/mol. The number of halogens is 1. The summed E-state index contributed by atoms with van der Waals surface area (Å²) in [6.45, 7) is 8.68. The average molecular weight is 400 g/mol. The highest BCUT2D eigenvalue weighted by molar-refractivity contribution is 6.36. The fourth-order valence-electron chi connectivity index (χ4n) is 3.38. The molecule has 3 N–H and O–H groups in total. The van der Waals surface area contributed by atoms with Gasteiger partial charge in [-0.2, -0.15) is 15.1 Å². The molecule has 4 aromatic rings. The van der Waals surface area contributed by atoms with Crippen molar-refractivity contribution < 1.29 is 4.74 Å². The number of ether oxygens (including phenoxy) is 1. The van der Waals surface area contributed by atoms with Gasteiger partial charge in [-0.25, -0.2) is 4.98 Å². The highest BCUT2D eigenvalue weighted by atomic mass is 35.5. The maximum atomic E-state index is 6.50. The van der Waals surface area contributed by atoms with Crippen LogP contribution in [0, 0.1) is 0 Å². The Morgan fingerprint density at radius 1 is 1.18 bits per heavy atom. The molecule has 28 heavy (non-hydrogen) atoms. The molecule has 0 unspecified atom stereocenters. The summed E-state index contributed by atoms with van der Waals surface area (Å²) in [6.07, 6.45) is 4.32. The number of pyridine rings is 1. The molecule has 4 aromatic heterocycles. The van der Waals surface area contributed by atoms with Crippen molar-refractivity contribution in [3.63, 3.8) is 0 Å². The van der Waals surface area contributed by atoms with Crippen molar-refractivity contribution in [1.29, 1.82) is 0 Å². The monoisotopic (exact) mass is 399 g/mol. The third-order valence-corrected chi connectivity index (χ3v) is 5.03. The van der Waals surface area contributed by atoms with E-state index >= 15 is 0 Å². The number of nitrogens with zero attached hydrogens (tertiary/aromatic N) is 4. The van der Waals surface area contributed by atoms with Gasteiger partial charge < -0.3 is 15.0 Å². The van der Waals surface area contributed by atoms with E-state index < -0.39 is 0 Å². The Morgan fingerprint density at radius 3 is 2.71 bits per heavy atom. The number of aryl methyl sites for hydroxylation is 1. The number of aromatic amines is 2. The molecule has 0 aliphatic carbocycles. The highest BCUT2D eigenvalue weighted by Crippen LogP contribution is 2.36. The van der Waals surface area contributed by atoms with Gasteiger partial charge in [-0.05, 0) is 24.8 Å². The first-order chi connectivity index (χ1) is 13.5. The molecule has 0 saturated carbocycles. The normalized spacial score (nSPS) is 11.6. The van der Waals surface area contributed by atoms with Crippen molar-refractivity contribution in [2.45, 2.75) is 40.0 Å². The van der Waals surface area contributed by atoms with Crippen LogP contribution in [0.15, 0.2) is 12.4 Å². The van der Waals surface area contributed by atoms with Crippen molar-refractivity contribution in [1.82, 2.24) is 30.1 Å². The molecule has 4 heterocycles. The number of nitrogens with one attached hydrogen (secondary N) is 3. The topological polar surface area (TPSA) is 104 Å². The summed E-state index contributed by atoms with van der Waals surface area (Å²) in [7, 11) is 0. The van der Waals surface area contributed by atoms with E-state index in [1.807, 2.05) is 13.8 Å². The lowest BCUT2D eigenvalue weighted by molar-refractivity contribution is 0.331. The second-order valence-corrected chi connectivity index (χ2v) is 7.16. The van der Waals surface area contributed by atoms with E-state index in [-0.39, 0.29) is 5.92 Å². The Hall–Kier alpha value is -2.87. The first-order valence-electron chi connectivity index (χ1n) is 9.33. The number of fused-ring (bicyclic) bond motifs is 2. The number of anilines is 2. The average Bonchev–Trinajstić information content (AvgIpc) is 3.25. The fraction of sp³-hybridized carbons (Fsp3) is 0.368. The SMILES string of the molecule is CCOc1nc(Nc2cnc3[nH]ncc3c2C(C)C)nc2[nH]c(CC)c(Cl)c12. The lowest BCUT2D eigenvalue weighted by atomic mass is 9.99. The molecular weight excluding hydrogens is 378 g/mol. The van der Waals surface area contributed by atoms with E-state index in [1.54, 1.807) is 12.4 Å². The Bertz CT molecular complexity index is 1150. The number of aromatic nitrogens is 6. The largest absolute Gasteiger partial charge is 0.477 e. The molecule has 0 bridgehead atoms. The zero-order chi connectivity index (χ0) is 19.8. The quantitative estimate of drug-likeness (QED) is 0.433. The van der Waals surface area contributed by atoms with Crippen LogP contribution in [0.1, 0.15) is 44.9 Å². The summed E-state index contributed by atoms with van der Waals surface area (Å²) >= 11 is 6.50. The molecule has 146 valence electrons. The molecule has 0 spiro atoms. The summed E-state index contributed by atoms with van der Waals surface area (Å²) in [6, 6.07) is 0. The van der Waals surface area contributed by atoms with E-state index in [0.717, 1.165) is 34.4 Å². The van der Waals surface area contributed by atoms with Crippen LogP contribution in [0.5, 0.6) is 5.88 Å². The van der Waals surface area contributed by atoms with Crippen molar-refractivity contribution in [3.8, 4) is 5.88 Å². The molecule has 8 nitrogen and oxygen atoms in total. The van der Waals surface area contributed by atoms with Gasteiger partial charge in [0.25, 0.3) is 0 Å². The third-order valence-electron chi connectivity index (χ3n) is 4.61. The number of rotatable bonds is 6. The smallest absolute Gasteiger partial charge is 0.232 e. The second kappa shape index (κ2) is 7.27. The van der Waals surface area contributed by atoms with Crippen LogP contribution in [0.2, 0.25) is 5.02 Å². The van der Waals surface area contributed by atoms with Gasteiger partial charge in [0, 0.05) is 11.1 Å². The third kappa shape index (κ3) is 3.03. The molecule has 4 rings (SSSR count). The lowest BCUT2D eigenvalue weighted by Crippen LogP contribution is -2.05. The summed E-state index contributed by atoms with van der Waals surface area (Å²) < 4.78 is 5.75. The van der Waals surface area contributed by atoms with Crippen molar-refractivity contribution in [2.75, 3.05) is 11.9 Å². The molecule has 0 aliphatic rings. The molecule has 0 aromatic carbocycles.